The van der Waals surface area contributed by atoms with Crippen LogP contribution < -0.4 is 10.1 Å². The second kappa shape index (κ2) is 8.04. The highest BCUT2D eigenvalue weighted by Gasteiger charge is 2.18. The number of hydrogen-bond donors (Lipinski definition) is 1. The highest BCUT2D eigenvalue weighted by molar-refractivity contribution is 9.10. The maximum atomic E-state index is 5.29. The minimum atomic E-state index is 0.582. The number of likely N-dealkylation sites (N-methyl/N-ethyl adjacent to an activating group) is 1. The molecule has 0 radical (unpaired) electrons. The highest BCUT2D eigenvalue weighted by atomic mass is 79.9. The van der Waals surface area contributed by atoms with Gasteiger partial charge < -0.3 is 10.1 Å². The van der Waals surface area contributed by atoms with Gasteiger partial charge in [-0.1, -0.05) is 38.2 Å². The van der Waals surface area contributed by atoms with Gasteiger partial charge in [-0.3, -0.25) is 0 Å². The second-order valence-corrected chi connectivity index (χ2v) is 6.75. The molecule has 0 aromatic heterocycles. The van der Waals surface area contributed by atoms with E-state index in [1.54, 1.807) is 7.11 Å². The molecule has 1 aliphatic carbocycles. The van der Waals surface area contributed by atoms with Crippen LogP contribution in [0.15, 0.2) is 22.7 Å². The lowest BCUT2D eigenvalue weighted by Gasteiger charge is -2.26. The fraction of sp³-hybridized carbons (Fsp3) is 0.647. The van der Waals surface area contributed by atoms with Gasteiger partial charge in [0.15, 0.2) is 0 Å². The fourth-order valence-corrected chi connectivity index (χ4v) is 3.84. The first-order chi connectivity index (χ1) is 9.72. The van der Waals surface area contributed by atoms with Crippen LogP contribution in [-0.2, 0) is 6.42 Å². The Bertz CT molecular complexity index is 415. The largest absolute Gasteiger partial charge is 0.496 e. The lowest BCUT2D eigenvalue weighted by atomic mass is 9.83. The molecule has 0 spiro atoms. The van der Waals surface area contributed by atoms with E-state index >= 15 is 0 Å². The van der Waals surface area contributed by atoms with Crippen LogP contribution in [0.3, 0.4) is 0 Å². The van der Waals surface area contributed by atoms with Crippen molar-refractivity contribution in [2.45, 2.75) is 51.0 Å². The zero-order chi connectivity index (χ0) is 14.4. The Labute approximate surface area is 131 Å². The topological polar surface area (TPSA) is 21.3 Å². The number of ether oxygens (including phenoxy) is 1. The molecular weight excluding hydrogens is 314 g/mol. The Kier molecular flexibility index (Phi) is 6.37. The van der Waals surface area contributed by atoms with Gasteiger partial charge in [-0.2, -0.15) is 0 Å². The molecule has 1 atom stereocenters. The summed E-state index contributed by atoms with van der Waals surface area (Å²) in [5, 5.41) is 3.50. The first-order valence-corrected chi connectivity index (χ1v) is 8.52. The molecule has 1 N–H and O–H groups in total. The van der Waals surface area contributed by atoms with Crippen molar-refractivity contribution < 1.29 is 4.74 Å². The van der Waals surface area contributed by atoms with Crippen LogP contribution in [0.2, 0.25) is 0 Å². The summed E-state index contributed by atoms with van der Waals surface area (Å²) in [7, 11) is 3.80. The molecule has 2 rings (SSSR count). The third-order valence-electron chi connectivity index (χ3n) is 4.45. The summed E-state index contributed by atoms with van der Waals surface area (Å²) in [5.41, 5.74) is 1.37. The van der Waals surface area contributed by atoms with Gasteiger partial charge in [0.2, 0.25) is 0 Å². The summed E-state index contributed by atoms with van der Waals surface area (Å²) in [6.45, 7) is 0. The van der Waals surface area contributed by atoms with Crippen LogP contribution in [0.25, 0.3) is 0 Å². The minimum Gasteiger partial charge on any atom is -0.496 e. The smallest absolute Gasteiger partial charge is 0.133 e. The predicted molar refractivity (Wildman–Crippen MR) is 88.4 cm³/mol. The third-order valence-corrected chi connectivity index (χ3v) is 5.07. The van der Waals surface area contributed by atoms with Crippen molar-refractivity contribution >= 4 is 15.9 Å². The SMILES string of the molecule is CNC(Cc1ccc(OC)c(Br)c1)CC1CCCCC1. The predicted octanol–water partition coefficient (Wildman–Crippen LogP) is 4.56. The molecule has 1 unspecified atom stereocenters. The van der Waals surface area contributed by atoms with E-state index in [9.17, 15) is 0 Å². The van der Waals surface area contributed by atoms with E-state index in [0.29, 0.717) is 6.04 Å². The Morgan fingerprint density at radius 3 is 2.65 bits per heavy atom. The van der Waals surface area contributed by atoms with Gasteiger partial charge >= 0.3 is 0 Å². The molecule has 1 saturated carbocycles. The van der Waals surface area contributed by atoms with Crippen LogP contribution in [0.1, 0.15) is 44.1 Å². The van der Waals surface area contributed by atoms with Crippen molar-refractivity contribution in [3.63, 3.8) is 0 Å². The zero-order valence-electron chi connectivity index (χ0n) is 12.6. The van der Waals surface area contributed by atoms with E-state index in [1.165, 1.54) is 44.1 Å². The van der Waals surface area contributed by atoms with Gasteiger partial charge in [-0.05, 0) is 59.4 Å². The molecule has 1 aliphatic rings. The van der Waals surface area contributed by atoms with Gasteiger partial charge in [-0.15, -0.1) is 0 Å². The van der Waals surface area contributed by atoms with Gasteiger partial charge in [-0.25, -0.2) is 0 Å². The van der Waals surface area contributed by atoms with E-state index in [0.717, 1.165) is 22.6 Å². The molecule has 0 aliphatic heterocycles. The van der Waals surface area contributed by atoms with Gasteiger partial charge in [0.1, 0.15) is 5.75 Å². The summed E-state index contributed by atoms with van der Waals surface area (Å²) < 4.78 is 6.34. The Morgan fingerprint density at radius 1 is 1.30 bits per heavy atom. The Hall–Kier alpha value is -0.540. The van der Waals surface area contributed by atoms with E-state index in [-0.39, 0.29) is 0 Å². The number of benzene rings is 1. The van der Waals surface area contributed by atoms with Crippen molar-refractivity contribution in [3.05, 3.63) is 28.2 Å². The second-order valence-electron chi connectivity index (χ2n) is 5.90. The van der Waals surface area contributed by atoms with E-state index < -0.39 is 0 Å². The fourth-order valence-electron chi connectivity index (χ4n) is 3.25. The molecule has 0 amide bonds. The lowest BCUT2D eigenvalue weighted by Crippen LogP contribution is -2.30. The maximum absolute atomic E-state index is 5.29. The molecule has 1 aromatic carbocycles. The number of nitrogens with one attached hydrogen (secondary N) is 1. The molecule has 0 bridgehead atoms. The van der Waals surface area contributed by atoms with Crippen LogP contribution >= 0.6 is 15.9 Å². The van der Waals surface area contributed by atoms with E-state index in [2.05, 4.69) is 40.4 Å². The molecule has 112 valence electrons. The molecule has 2 nitrogen and oxygen atoms in total. The average molecular weight is 340 g/mol. The van der Waals surface area contributed by atoms with Gasteiger partial charge in [0, 0.05) is 6.04 Å². The van der Waals surface area contributed by atoms with Crippen molar-refractivity contribution in [3.8, 4) is 5.75 Å². The van der Waals surface area contributed by atoms with E-state index in [4.69, 9.17) is 4.74 Å². The quantitative estimate of drug-likeness (QED) is 0.820. The first kappa shape index (κ1) is 15.8. The highest BCUT2D eigenvalue weighted by Crippen LogP contribution is 2.29. The van der Waals surface area contributed by atoms with Gasteiger partial charge in [0.05, 0.1) is 11.6 Å². The summed E-state index contributed by atoms with van der Waals surface area (Å²) >= 11 is 3.57. The first-order valence-electron chi connectivity index (χ1n) is 7.72. The summed E-state index contributed by atoms with van der Waals surface area (Å²) in [4.78, 5) is 0. The third kappa shape index (κ3) is 4.49. The number of methoxy groups -OCH3 is 1. The Balaban J connectivity index is 1.93. The number of hydrogen-bond acceptors (Lipinski definition) is 2. The average Bonchev–Trinajstić information content (AvgIpc) is 2.48. The van der Waals surface area contributed by atoms with E-state index in [1.807, 2.05) is 6.07 Å². The summed E-state index contributed by atoms with van der Waals surface area (Å²) in [5.74, 6) is 1.82. The Morgan fingerprint density at radius 2 is 2.05 bits per heavy atom. The maximum Gasteiger partial charge on any atom is 0.133 e. The van der Waals surface area contributed by atoms with Crippen molar-refractivity contribution in [2.75, 3.05) is 14.2 Å². The van der Waals surface area contributed by atoms with Crippen LogP contribution in [0.5, 0.6) is 5.75 Å². The van der Waals surface area contributed by atoms with Crippen molar-refractivity contribution in [1.82, 2.24) is 5.32 Å². The summed E-state index contributed by atoms with van der Waals surface area (Å²) in [6, 6.07) is 6.99. The van der Waals surface area contributed by atoms with Crippen LogP contribution in [-0.4, -0.2) is 20.2 Å². The minimum absolute atomic E-state index is 0.582. The standard InChI is InChI=1S/C17H26BrNO/c1-19-15(10-13-6-4-3-5-7-13)11-14-8-9-17(20-2)16(18)12-14/h8-9,12-13,15,19H,3-7,10-11H2,1-2H3. The lowest BCUT2D eigenvalue weighted by molar-refractivity contribution is 0.302. The van der Waals surface area contributed by atoms with Crippen LogP contribution in [0, 0.1) is 5.92 Å². The molecule has 1 aromatic rings. The van der Waals surface area contributed by atoms with Crippen LogP contribution in [0.4, 0.5) is 0 Å². The molecule has 1 fully saturated rings. The number of rotatable bonds is 6. The molecule has 0 heterocycles. The molecule has 20 heavy (non-hydrogen) atoms. The van der Waals surface area contributed by atoms with Crippen molar-refractivity contribution in [1.29, 1.82) is 0 Å². The molecular formula is C17H26BrNO. The molecule has 3 heteroatoms. The van der Waals surface area contributed by atoms with Crippen molar-refractivity contribution in [2.24, 2.45) is 5.92 Å². The normalized spacial score (nSPS) is 17.9. The zero-order valence-corrected chi connectivity index (χ0v) is 14.2. The van der Waals surface area contributed by atoms with Gasteiger partial charge in [0.25, 0.3) is 0 Å². The monoisotopic (exact) mass is 339 g/mol. The number of halogens is 1. The molecule has 0 saturated heterocycles. The summed E-state index contributed by atoms with van der Waals surface area (Å²) in [6.07, 6.45) is 9.53.